The average molecular weight is 359 g/mol. The summed E-state index contributed by atoms with van der Waals surface area (Å²) in [5.41, 5.74) is 0.596. The fourth-order valence-corrected chi connectivity index (χ4v) is 3.09. The molecule has 26 heavy (non-hydrogen) atoms. The van der Waals surface area contributed by atoms with Crippen molar-refractivity contribution in [1.29, 1.82) is 0 Å². The predicted octanol–water partition coefficient (Wildman–Crippen LogP) is 2.51. The van der Waals surface area contributed by atoms with Gasteiger partial charge in [-0.2, -0.15) is 0 Å². The molecule has 3 rings (SSSR count). The summed E-state index contributed by atoms with van der Waals surface area (Å²) in [7, 11) is 0. The second-order valence-corrected chi connectivity index (χ2v) is 6.56. The van der Waals surface area contributed by atoms with Gasteiger partial charge >= 0.3 is 0 Å². The van der Waals surface area contributed by atoms with E-state index in [9.17, 15) is 9.90 Å². The van der Waals surface area contributed by atoms with Crippen LogP contribution in [0.25, 0.3) is 0 Å². The van der Waals surface area contributed by atoms with Crippen molar-refractivity contribution < 1.29 is 23.8 Å². The summed E-state index contributed by atoms with van der Waals surface area (Å²) in [5.74, 6) is 1.49. The van der Waals surface area contributed by atoms with Crippen molar-refractivity contribution in [1.82, 2.24) is 4.90 Å². The van der Waals surface area contributed by atoms with E-state index < -0.39 is 6.10 Å². The lowest BCUT2D eigenvalue weighted by Crippen LogP contribution is -2.39. The minimum atomic E-state index is -0.642. The van der Waals surface area contributed by atoms with Gasteiger partial charge in [-0.15, -0.1) is 0 Å². The number of carbonyl (C=O) groups is 1. The second-order valence-electron chi connectivity index (χ2n) is 6.56. The maximum absolute atomic E-state index is 10.7. The van der Waals surface area contributed by atoms with Gasteiger partial charge in [0.2, 0.25) is 0 Å². The molecule has 140 valence electrons. The number of furan rings is 1. The minimum Gasteiger partial charge on any atom is -0.491 e. The van der Waals surface area contributed by atoms with Crippen molar-refractivity contribution in [3.8, 4) is 5.75 Å². The molecule has 2 aromatic rings. The summed E-state index contributed by atoms with van der Waals surface area (Å²) >= 11 is 0. The molecule has 0 radical (unpaired) electrons. The lowest BCUT2D eigenvalue weighted by molar-refractivity contribution is 0.0290. The first kappa shape index (κ1) is 18.6. The van der Waals surface area contributed by atoms with Gasteiger partial charge in [0.25, 0.3) is 0 Å². The van der Waals surface area contributed by atoms with Crippen LogP contribution < -0.4 is 4.74 Å². The summed E-state index contributed by atoms with van der Waals surface area (Å²) < 4.78 is 16.8. The average Bonchev–Trinajstić information content (AvgIpc) is 3.34. The zero-order valence-electron chi connectivity index (χ0n) is 14.8. The summed E-state index contributed by atoms with van der Waals surface area (Å²) in [6, 6.07) is 10.6. The molecule has 0 aliphatic carbocycles. The molecule has 0 amide bonds. The van der Waals surface area contributed by atoms with Gasteiger partial charge in [0, 0.05) is 25.3 Å². The Hall–Kier alpha value is -2.15. The molecule has 0 spiro atoms. The van der Waals surface area contributed by atoms with Crippen LogP contribution in [0.15, 0.2) is 47.1 Å². The Kier molecular flexibility index (Phi) is 6.82. The van der Waals surface area contributed by atoms with Crippen LogP contribution in [0.2, 0.25) is 0 Å². The number of aliphatic hydroxyl groups is 1. The first-order chi connectivity index (χ1) is 12.7. The zero-order chi connectivity index (χ0) is 18.2. The number of carbonyl (C=O) groups excluding carboxylic acids is 1. The molecule has 1 aromatic heterocycles. The van der Waals surface area contributed by atoms with Crippen LogP contribution in [0.1, 0.15) is 29.0 Å². The molecule has 1 fully saturated rings. The molecule has 1 aliphatic rings. The van der Waals surface area contributed by atoms with Gasteiger partial charge in [-0.3, -0.25) is 9.69 Å². The van der Waals surface area contributed by atoms with Crippen LogP contribution in [0.4, 0.5) is 0 Å². The molecule has 0 bridgehead atoms. The second kappa shape index (κ2) is 9.52. The van der Waals surface area contributed by atoms with E-state index in [0.29, 0.717) is 24.4 Å². The first-order valence-electron chi connectivity index (χ1n) is 8.95. The third-order valence-corrected chi connectivity index (χ3v) is 4.37. The van der Waals surface area contributed by atoms with Crippen molar-refractivity contribution in [2.45, 2.75) is 31.6 Å². The number of ether oxygens (including phenoxy) is 2. The molecule has 1 aromatic carbocycles. The topological polar surface area (TPSA) is 72.1 Å². The Morgan fingerprint density at radius 3 is 2.81 bits per heavy atom. The highest BCUT2D eigenvalue weighted by atomic mass is 16.5. The minimum absolute atomic E-state index is 0.181. The van der Waals surface area contributed by atoms with Crippen LogP contribution in [0.5, 0.6) is 5.75 Å². The molecule has 2 heterocycles. The predicted molar refractivity (Wildman–Crippen MR) is 96.3 cm³/mol. The molecule has 1 aliphatic heterocycles. The number of aliphatic hydroxyl groups excluding tert-OH is 1. The van der Waals surface area contributed by atoms with Crippen LogP contribution in [-0.2, 0) is 11.3 Å². The van der Waals surface area contributed by atoms with Gasteiger partial charge in [0.05, 0.1) is 18.9 Å². The van der Waals surface area contributed by atoms with E-state index >= 15 is 0 Å². The Bertz CT molecular complexity index is 649. The van der Waals surface area contributed by atoms with Gasteiger partial charge in [0.15, 0.2) is 0 Å². The highest BCUT2D eigenvalue weighted by Gasteiger charge is 2.22. The summed E-state index contributed by atoms with van der Waals surface area (Å²) in [6.45, 7) is 2.83. The molecule has 2 atom stereocenters. The molecule has 1 N–H and O–H groups in total. The van der Waals surface area contributed by atoms with Gasteiger partial charge in [-0.1, -0.05) is 0 Å². The van der Waals surface area contributed by atoms with Crippen molar-refractivity contribution in [2.75, 3.05) is 26.3 Å². The van der Waals surface area contributed by atoms with Gasteiger partial charge < -0.3 is 19.0 Å². The molecular weight excluding hydrogens is 334 g/mol. The fourth-order valence-electron chi connectivity index (χ4n) is 3.09. The van der Waals surface area contributed by atoms with E-state index in [4.69, 9.17) is 13.9 Å². The van der Waals surface area contributed by atoms with Crippen LogP contribution >= 0.6 is 0 Å². The Labute approximate surface area is 153 Å². The maximum atomic E-state index is 10.7. The Morgan fingerprint density at radius 1 is 1.31 bits per heavy atom. The van der Waals surface area contributed by atoms with E-state index in [0.717, 1.165) is 38.0 Å². The Balaban J connectivity index is 1.51. The third-order valence-electron chi connectivity index (χ3n) is 4.37. The quantitative estimate of drug-likeness (QED) is 0.657. The van der Waals surface area contributed by atoms with E-state index in [-0.39, 0.29) is 12.7 Å². The summed E-state index contributed by atoms with van der Waals surface area (Å²) in [5, 5.41) is 10.4. The molecule has 6 heteroatoms. The van der Waals surface area contributed by atoms with Crippen molar-refractivity contribution >= 4 is 6.29 Å². The van der Waals surface area contributed by atoms with E-state index in [1.807, 2.05) is 12.1 Å². The Morgan fingerprint density at radius 2 is 2.15 bits per heavy atom. The maximum Gasteiger partial charge on any atom is 0.150 e. The summed E-state index contributed by atoms with van der Waals surface area (Å²) in [6.07, 6.45) is 4.13. The number of nitrogens with zero attached hydrogens (tertiary/aromatic N) is 1. The molecule has 0 saturated carbocycles. The summed E-state index contributed by atoms with van der Waals surface area (Å²) in [4.78, 5) is 12.8. The highest BCUT2D eigenvalue weighted by molar-refractivity contribution is 5.74. The number of rotatable bonds is 10. The number of hydrogen-bond acceptors (Lipinski definition) is 6. The van der Waals surface area contributed by atoms with Crippen LogP contribution in [0, 0.1) is 0 Å². The standard InChI is InChI=1S/C20H25NO5/c22-14-16-5-7-18(8-6-16)26-15-17(23)11-21(12-19-3-1-9-24-19)13-20-4-2-10-25-20/h1,3,5-9,14,17,20,23H,2,4,10-13,15H2. The fraction of sp³-hybridized carbons (Fsp3) is 0.450. The lowest BCUT2D eigenvalue weighted by Gasteiger charge is -2.26. The SMILES string of the molecule is O=Cc1ccc(OCC(O)CN(Cc2ccco2)CC2CCCO2)cc1. The van der Waals surface area contributed by atoms with Crippen LogP contribution in [0.3, 0.4) is 0 Å². The van der Waals surface area contributed by atoms with Crippen molar-refractivity contribution in [2.24, 2.45) is 0 Å². The van der Waals surface area contributed by atoms with Gasteiger partial charge in [0.1, 0.15) is 30.5 Å². The monoisotopic (exact) mass is 359 g/mol. The molecular formula is C20H25NO5. The number of benzene rings is 1. The molecule has 6 nitrogen and oxygen atoms in total. The lowest BCUT2D eigenvalue weighted by atomic mass is 10.2. The molecule has 1 saturated heterocycles. The largest absolute Gasteiger partial charge is 0.491 e. The van der Waals surface area contributed by atoms with Gasteiger partial charge in [-0.25, -0.2) is 0 Å². The smallest absolute Gasteiger partial charge is 0.150 e. The molecule has 2 unspecified atom stereocenters. The highest BCUT2D eigenvalue weighted by Crippen LogP contribution is 2.16. The van der Waals surface area contributed by atoms with Crippen molar-refractivity contribution in [3.63, 3.8) is 0 Å². The van der Waals surface area contributed by atoms with Crippen molar-refractivity contribution in [3.05, 3.63) is 54.0 Å². The number of hydrogen-bond donors (Lipinski definition) is 1. The first-order valence-corrected chi connectivity index (χ1v) is 8.95. The van der Waals surface area contributed by atoms with E-state index in [1.165, 1.54) is 0 Å². The van der Waals surface area contributed by atoms with E-state index in [1.54, 1.807) is 30.5 Å². The zero-order valence-corrected chi connectivity index (χ0v) is 14.8. The van der Waals surface area contributed by atoms with Crippen LogP contribution in [-0.4, -0.2) is 54.8 Å². The number of aldehydes is 1. The normalized spacial score (nSPS) is 18.2. The van der Waals surface area contributed by atoms with Gasteiger partial charge in [-0.05, 0) is 49.2 Å². The van der Waals surface area contributed by atoms with E-state index in [2.05, 4.69) is 4.90 Å². The third kappa shape index (κ3) is 5.69.